The second kappa shape index (κ2) is 13.4. The molecule has 2 N–H and O–H groups in total. The SMILES string of the molecule is COc1ccc(/C=C2\SC(=O)N(CCNC(=O)[C@H](CCSC)NC(=O)c3ccccc3Cl)C2=O)cc1. The molecule has 0 unspecified atom stereocenters. The number of carbonyl (C=O) groups excluding carboxylic acids is 4. The van der Waals surface area contributed by atoms with Gasteiger partial charge in [0.2, 0.25) is 5.91 Å². The number of hydrogen-bond acceptors (Lipinski definition) is 7. The number of benzene rings is 2. The Morgan fingerprint density at radius 3 is 2.56 bits per heavy atom. The molecule has 8 nitrogen and oxygen atoms in total. The predicted octanol–water partition coefficient (Wildman–Crippen LogP) is 4.05. The number of nitrogens with zero attached hydrogens (tertiary/aromatic N) is 1. The summed E-state index contributed by atoms with van der Waals surface area (Å²) in [6.07, 6.45) is 3.96. The van der Waals surface area contributed by atoms with Crippen LogP contribution in [0.15, 0.2) is 53.4 Å². The first-order chi connectivity index (χ1) is 17.3. The summed E-state index contributed by atoms with van der Waals surface area (Å²) in [7, 11) is 1.57. The van der Waals surface area contributed by atoms with Gasteiger partial charge < -0.3 is 15.4 Å². The second-order valence-electron chi connectivity index (χ2n) is 7.68. The fourth-order valence-electron chi connectivity index (χ4n) is 3.34. The molecule has 1 fully saturated rings. The monoisotopic (exact) mass is 547 g/mol. The van der Waals surface area contributed by atoms with Crippen molar-refractivity contribution in [1.29, 1.82) is 0 Å². The van der Waals surface area contributed by atoms with Crippen LogP contribution in [0.4, 0.5) is 4.79 Å². The maximum Gasteiger partial charge on any atom is 0.293 e. The number of imide groups is 1. The van der Waals surface area contributed by atoms with E-state index in [2.05, 4.69) is 10.6 Å². The predicted molar refractivity (Wildman–Crippen MR) is 144 cm³/mol. The van der Waals surface area contributed by atoms with Crippen LogP contribution in [0.5, 0.6) is 5.75 Å². The van der Waals surface area contributed by atoms with Crippen molar-refractivity contribution >= 4 is 64.2 Å². The van der Waals surface area contributed by atoms with Crippen molar-refractivity contribution in [3.63, 3.8) is 0 Å². The van der Waals surface area contributed by atoms with E-state index >= 15 is 0 Å². The molecule has 0 aromatic heterocycles. The molecule has 190 valence electrons. The highest BCUT2D eigenvalue weighted by Gasteiger charge is 2.35. The topological polar surface area (TPSA) is 105 Å². The Kier molecular flexibility index (Phi) is 10.3. The molecule has 11 heteroatoms. The molecule has 1 aliphatic heterocycles. The summed E-state index contributed by atoms with van der Waals surface area (Å²) in [6, 6.07) is 12.9. The van der Waals surface area contributed by atoms with Crippen molar-refractivity contribution in [2.24, 2.45) is 0 Å². The van der Waals surface area contributed by atoms with Gasteiger partial charge in [-0.05, 0) is 66.1 Å². The molecule has 1 aliphatic rings. The van der Waals surface area contributed by atoms with E-state index in [0.29, 0.717) is 27.9 Å². The standard InChI is InChI=1S/C25H26ClN3O5S2/c1-34-17-9-7-16(8-10-17)15-21-24(32)29(25(33)36-21)13-12-27-23(31)20(11-14-35-2)28-22(30)18-5-3-4-6-19(18)26/h3-10,15,20H,11-14H2,1-2H3,(H,27,31)(H,28,30)/b21-15-/t20-/m0/s1. The third-order valence-electron chi connectivity index (χ3n) is 5.27. The Balaban J connectivity index is 1.57. The van der Waals surface area contributed by atoms with Gasteiger partial charge in [-0.25, -0.2) is 0 Å². The van der Waals surface area contributed by atoms with E-state index < -0.39 is 29.0 Å². The highest BCUT2D eigenvalue weighted by atomic mass is 35.5. The number of hydrogen-bond donors (Lipinski definition) is 2. The minimum absolute atomic E-state index is 0.0179. The largest absolute Gasteiger partial charge is 0.497 e. The zero-order valence-corrected chi connectivity index (χ0v) is 22.2. The summed E-state index contributed by atoms with van der Waals surface area (Å²) in [5, 5.41) is 5.34. The Morgan fingerprint density at radius 1 is 1.17 bits per heavy atom. The van der Waals surface area contributed by atoms with Crippen LogP contribution in [0.3, 0.4) is 0 Å². The molecule has 0 saturated carbocycles. The summed E-state index contributed by atoms with van der Waals surface area (Å²) < 4.78 is 5.13. The lowest BCUT2D eigenvalue weighted by molar-refractivity contribution is -0.125. The third kappa shape index (κ3) is 7.28. The van der Waals surface area contributed by atoms with Crippen molar-refractivity contribution < 1.29 is 23.9 Å². The highest BCUT2D eigenvalue weighted by Crippen LogP contribution is 2.32. The van der Waals surface area contributed by atoms with Crippen molar-refractivity contribution in [1.82, 2.24) is 15.5 Å². The maximum atomic E-state index is 12.8. The van der Waals surface area contributed by atoms with E-state index in [1.165, 1.54) is 0 Å². The lowest BCUT2D eigenvalue weighted by atomic mass is 10.1. The van der Waals surface area contributed by atoms with Gasteiger partial charge in [0.15, 0.2) is 0 Å². The lowest BCUT2D eigenvalue weighted by Crippen LogP contribution is -2.48. The first kappa shape index (κ1) is 27.6. The van der Waals surface area contributed by atoms with Crippen molar-refractivity contribution in [2.75, 3.05) is 32.2 Å². The van der Waals surface area contributed by atoms with Crippen molar-refractivity contribution in [2.45, 2.75) is 12.5 Å². The molecule has 0 bridgehead atoms. The molecular formula is C25H26ClN3O5S2. The number of nitrogens with one attached hydrogen (secondary N) is 2. The second-order valence-corrected chi connectivity index (χ2v) is 10.1. The number of amides is 4. The normalized spacial score (nSPS) is 15.2. The van der Waals surface area contributed by atoms with Crippen LogP contribution in [-0.2, 0) is 9.59 Å². The molecule has 2 aromatic rings. The molecule has 36 heavy (non-hydrogen) atoms. The van der Waals surface area contributed by atoms with Gasteiger partial charge >= 0.3 is 0 Å². The summed E-state index contributed by atoms with van der Waals surface area (Å²) in [4.78, 5) is 52.0. The van der Waals surface area contributed by atoms with E-state index in [-0.39, 0.29) is 18.7 Å². The van der Waals surface area contributed by atoms with Gasteiger partial charge in [0, 0.05) is 13.1 Å². The molecule has 0 spiro atoms. The van der Waals surface area contributed by atoms with Gasteiger partial charge in [-0.1, -0.05) is 35.9 Å². The van der Waals surface area contributed by atoms with Crippen molar-refractivity contribution in [3.8, 4) is 5.75 Å². The van der Waals surface area contributed by atoms with Crippen LogP contribution in [0.25, 0.3) is 6.08 Å². The summed E-state index contributed by atoms with van der Waals surface area (Å²) in [5.41, 5.74) is 1.04. The van der Waals surface area contributed by atoms with Crippen LogP contribution in [0, 0.1) is 0 Å². The van der Waals surface area contributed by atoms with Gasteiger partial charge in [0.25, 0.3) is 17.1 Å². The van der Waals surface area contributed by atoms with E-state index in [0.717, 1.165) is 22.2 Å². The number of halogens is 1. The van der Waals surface area contributed by atoms with E-state index in [1.54, 1.807) is 73.5 Å². The minimum Gasteiger partial charge on any atom is -0.497 e. The Morgan fingerprint density at radius 2 is 1.89 bits per heavy atom. The molecule has 1 saturated heterocycles. The molecular weight excluding hydrogens is 522 g/mol. The Labute approximate surface area is 223 Å². The molecule has 3 rings (SSSR count). The van der Waals surface area contributed by atoms with E-state index in [9.17, 15) is 19.2 Å². The van der Waals surface area contributed by atoms with Crippen LogP contribution in [0.2, 0.25) is 5.02 Å². The number of thioether (sulfide) groups is 2. The molecule has 1 atom stereocenters. The molecule has 0 aliphatic carbocycles. The van der Waals surface area contributed by atoms with Gasteiger partial charge in [-0.15, -0.1) is 0 Å². The zero-order valence-electron chi connectivity index (χ0n) is 19.8. The average Bonchev–Trinajstić information content (AvgIpc) is 3.14. The quantitative estimate of drug-likeness (QED) is 0.409. The average molecular weight is 548 g/mol. The zero-order chi connectivity index (χ0) is 26.1. The number of rotatable bonds is 11. The first-order valence-electron chi connectivity index (χ1n) is 11.1. The van der Waals surface area contributed by atoms with E-state index in [1.807, 2.05) is 6.26 Å². The van der Waals surface area contributed by atoms with Crippen molar-refractivity contribution in [3.05, 3.63) is 69.6 Å². The third-order valence-corrected chi connectivity index (χ3v) is 7.15. The minimum atomic E-state index is -0.786. The molecule has 1 heterocycles. The Bertz CT molecular complexity index is 1160. The molecule has 4 amide bonds. The number of carbonyl (C=O) groups is 4. The van der Waals surface area contributed by atoms with Gasteiger partial charge in [-0.3, -0.25) is 24.1 Å². The smallest absolute Gasteiger partial charge is 0.293 e. The fourth-order valence-corrected chi connectivity index (χ4v) is 4.90. The lowest BCUT2D eigenvalue weighted by Gasteiger charge is -2.19. The maximum absolute atomic E-state index is 12.8. The molecule has 0 radical (unpaired) electrons. The van der Waals surface area contributed by atoms with Crippen LogP contribution in [-0.4, -0.2) is 66.1 Å². The van der Waals surface area contributed by atoms with Gasteiger partial charge in [0.1, 0.15) is 11.8 Å². The van der Waals surface area contributed by atoms with Gasteiger partial charge in [-0.2, -0.15) is 11.8 Å². The van der Waals surface area contributed by atoms with Crippen LogP contribution >= 0.6 is 35.1 Å². The van der Waals surface area contributed by atoms with Gasteiger partial charge in [0.05, 0.1) is 22.6 Å². The number of methoxy groups -OCH3 is 1. The van der Waals surface area contributed by atoms with E-state index in [4.69, 9.17) is 16.3 Å². The highest BCUT2D eigenvalue weighted by molar-refractivity contribution is 8.18. The Hall–Kier alpha value is -2.95. The van der Waals surface area contributed by atoms with Crippen LogP contribution in [0.1, 0.15) is 22.3 Å². The summed E-state index contributed by atoms with van der Waals surface area (Å²) in [6.45, 7) is 0.0779. The van der Waals surface area contributed by atoms with Crippen LogP contribution < -0.4 is 15.4 Å². The number of ether oxygens (including phenoxy) is 1. The summed E-state index contributed by atoms with van der Waals surface area (Å²) >= 11 is 8.50. The molecule has 2 aromatic carbocycles. The first-order valence-corrected chi connectivity index (χ1v) is 13.6. The summed E-state index contributed by atoms with van der Waals surface area (Å²) in [5.74, 6) is 0.0812. The fraction of sp³-hybridized carbons (Fsp3) is 0.280.